The number of unbranched alkanes of at least 4 members (excludes halogenated alkanes) is 6. The van der Waals surface area contributed by atoms with Crippen LogP contribution >= 0.6 is 0 Å². The Bertz CT molecular complexity index is 737. The molecule has 0 radical (unpaired) electrons. The van der Waals surface area contributed by atoms with E-state index in [-0.39, 0.29) is 0 Å². The molecule has 2 aromatic rings. The van der Waals surface area contributed by atoms with E-state index >= 15 is 0 Å². The maximum atomic E-state index is 2.58. The van der Waals surface area contributed by atoms with Gasteiger partial charge in [0.1, 0.15) is 0 Å². The lowest BCUT2D eigenvalue weighted by molar-refractivity contribution is 0.590. The van der Waals surface area contributed by atoms with E-state index in [2.05, 4.69) is 86.2 Å². The van der Waals surface area contributed by atoms with Gasteiger partial charge >= 0.3 is 0 Å². The summed E-state index contributed by atoms with van der Waals surface area (Å²) in [5, 5.41) is 0. The molecule has 1 aliphatic heterocycles. The van der Waals surface area contributed by atoms with Crippen LogP contribution in [0.3, 0.4) is 0 Å². The van der Waals surface area contributed by atoms with Crippen molar-refractivity contribution in [3.8, 4) is 0 Å². The summed E-state index contributed by atoms with van der Waals surface area (Å²) in [6, 6.07) is 13.9. The van der Waals surface area contributed by atoms with Gasteiger partial charge in [-0.05, 0) is 41.8 Å². The van der Waals surface area contributed by atoms with Crippen LogP contribution in [0.25, 0.3) is 0 Å². The Morgan fingerprint density at radius 1 is 0.690 bits per heavy atom. The van der Waals surface area contributed by atoms with Crippen LogP contribution in [0.4, 0.5) is 22.7 Å². The summed E-state index contributed by atoms with van der Waals surface area (Å²) in [6.07, 6.45) is 10.5. The number of fused-ring (bicyclic) bond motifs is 2. The van der Waals surface area contributed by atoms with Gasteiger partial charge in [0, 0.05) is 63.9 Å². The first-order valence-corrected chi connectivity index (χ1v) is 11.4. The Kier molecular flexibility index (Phi) is 7.46. The van der Waals surface area contributed by atoms with Gasteiger partial charge in [0.05, 0.1) is 0 Å². The van der Waals surface area contributed by atoms with Crippen LogP contribution in [0, 0.1) is 0 Å². The molecular weight excluding hydrogens is 354 g/mol. The maximum absolute atomic E-state index is 2.58. The van der Waals surface area contributed by atoms with E-state index in [0.29, 0.717) is 0 Å². The number of hydrogen-bond donors (Lipinski definition) is 0. The van der Waals surface area contributed by atoms with Gasteiger partial charge in [-0.2, -0.15) is 0 Å². The first-order valence-electron chi connectivity index (χ1n) is 11.4. The lowest BCUT2D eigenvalue weighted by Gasteiger charge is -2.35. The van der Waals surface area contributed by atoms with Crippen molar-refractivity contribution in [2.45, 2.75) is 58.3 Å². The van der Waals surface area contributed by atoms with Crippen molar-refractivity contribution in [3.63, 3.8) is 0 Å². The summed E-state index contributed by atoms with van der Waals surface area (Å²) in [4.78, 5) is 7.00. The third-order valence-electron chi connectivity index (χ3n) is 6.12. The van der Waals surface area contributed by atoms with E-state index in [4.69, 9.17) is 0 Å². The third kappa shape index (κ3) is 5.26. The predicted molar refractivity (Wildman–Crippen MR) is 129 cm³/mol. The highest BCUT2D eigenvalue weighted by molar-refractivity contribution is 5.79. The van der Waals surface area contributed by atoms with E-state index in [1.54, 1.807) is 0 Å². The van der Waals surface area contributed by atoms with Crippen LogP contribution in [0.1, 0.15) is 63.0 Å². The second kappa shape index (κ2) is 10.0. The van der Waals surface area contributed by atoms with Crippen LogP contribution in [0.5, 0.6) is 0 Å². The molecule has 3 heteroatoms. The van der Waals surface area contributed by atoms with Gasteiger partial charge in [-0.3, -0.25) is 0 Å². The molecule has 0 bridgehead atoms. The fourth-order valence-corrected chi connectivity index (χ4v) is 4.27. The molecule has 0 saturated carbocycles. The van der Waals surface area contributed by atoms with Crippen LogP contribution in [0.2, 0.25) is 0 Å². The Balaban J connectivity index is 1.82. The summed E-state index contributed by atoms with van der Waals surface area (Å²) < 4.78 is 0. The largest absolute Gasteiger partial charge is 0.378 e. The summed E-state index contributed by atoms with van der Waals surface area (Å²) in [5.74, 6) is 0. The summed E-state index contributed by atoms with van der Waals surface area (Å²) in [6.45, 7) is 3.39. The molecule has 0 atom stereocenters. The Morgan fingerprint density at radius 3 is 1.66 bits per heavy atom. The van der Waals surface area contributed by atoms with Gasteiger partial charge in [-0.25, -0.2) is 0 Å². The molecule has 158 valence electrons. The minimum absolute atomic E-state index is 1.03. The van der Waals surface area contributed by atoms with E-state index in [0.717, 1.165) is 13.0 Å². The number of rotatable bonds is 10. The second-order valence-electron chi connectivity index (χ2n) is 8.86. The topological polar surface area (TPSA) is 9.72 Å². The van der Waals surface area contributed by atoms with Crippen molar-refractivity contribution in [1.82, 2.24) is 0 Å². The fraction of sp³-hybridized carbons (Fsp3) is 0.538. The lowest BCUT2D eigenvalue weighted by atomic mass is 9.94. The first kappa shape index (κ1) is 21.5. The lowest BCUT2D eigenvalue weighted by Crippen LogP contribution is -2.25. The molecule has 3 nitrogen and oxygen atoms in total. The minimum atomic E-state index is 1.03. The first-order chi connectivity index (χ1) is 14.0. The van der Waals surface area contributed by atoms with Gasteiger partial charge < -0.3 is 14.7 Å². The Hall–Kier alpha value is -2.16. The second-order valence-corrected chi connectivity index (χ2v) is 8.86. The minimum Gasteiger partial charge on any atom is -0.378 e. The summed E-state index contributed by atoms with van der Waals surface area (Å²) in [5.41, 5.74) is 8.24. The molecule has 1 heterocycles. The molecule has 0 fully saturated rings. The van der Waals surface area contributed by atoms with Crippen LogP contribution < -0.4 is 14.7 Å². The highest BCUT2D eigenvalue weighted by Gasteiger charge is 2.23. The summed E-state index contributed by atoms with van der Waals surface area (Å²) >= 11 is 0. The quantitative estimate of drug-likeness (QED) is 0.420. The highest BCUT2D eigenvalue weighted by atomic mass is 15.2. The monoisotopic (exact) mass is 393 g/mol. The van der Waals surface area contributed by atoms with Crippen molar-refractivity contribution in [2.24, 2.45) is 0 Å². The van der Waals surface area contributed by atoms with E-state index in [9.17, 15) is 0 Å². The average Bonchev–Trinajstić information content (AvgIpc) is 2.71. The van der Waals surface area contributed by atoms with Gasteiger partial charge in [-0.15, -0.1) is 0 Å². The zero-order valence-electron chi connectivity index (χ0n) is 19.2. The van der Waals surface area contributed by atoms with Crippen molar-refractivity contribution in [1.29, 1.82) is 0 Å². The summed E-state index contributed by atoms with van der Waals surface area (Å²) in [7, 11) is 8.51. The van der Waals surface area contributed by atoms with Crippen LogP contribution in [-0.2, 0) is 6.42 Å². The van der Waals surface area contributed by atoms with Crippen molar-refractivity contribution in [2.75, 3.05) is 49.4 Å². The van der Waals surface area contributed by atoms with Gasteiger partial charge in [0.25, 0.3) is 0 Å². The number of anilines is 4. The number of benzene rings is 2. The van der Waals surface area contributed by atoms with Crippen molar-refractivity contribution in [3.05, 3.63) is 47.5 Å². The van der Waals surface area contributed by atoms with Crippen LogP contribution in [-0.4, -0.2) is 34.7 Å². The highest BCUT2D eigenvalue weighted by Crippen LogP contribution is 2.42. The molecular formula is C26H39N3. The molecule has 0 unspecified atom stereocenters. The molecule has 0 aromatic heterocycles. The average molecular weight is 394 g/mol. The Morgan fingerprint density at radius 2 is 1.17 bits per heavy atom. The molecule has 2 aromatic carbocycles. The maximum Gasteiger partial charge on any atom is 0.0467 e. The van der Waals surface area contributed by atoms with E-state index in [1.807, 2.05) is 0 Å². The van der Waals surface area contributed by atoms with E-state index < -0.39 is 0 Å². The predicted octanol–water partition coefficient (Wildman–Crippen LogP) is 6.61. The normalized spacial score (nSPS) is 12.5. The van der Waals surface area contributed by atoms with Crippen molar-refractivity contribution >= 4 is 22.7 Å². The van der Waals surface area contributed by atoms with Crippen LogP contribution in [0.15, 0.2) is 36.4 Å². The Labute approximate surface area is 178 Å². The van der Waals surface area contributed by atoms with Gasteiger partial charge in [0.2, 0.25) is 0 Å². The molecule has 29 heavy (non-hydrogen) atoms. The van der Waals surface area contributed by atoms with Crippen molar-refractivity contribution < 1.29 is 0 Å². The SMILES string of the molecule is CCCCCCCCCN1c2cc(N(C)C)ccc2Cc2ccc(N(C)C)cc21. The zero-order valence-corrected chi connectivity index (χ0v) is 19.2. The smallest absolute Gasteiger partial charge is 0.0467 e. The number of hydrogen-bond acceptors (Lipinski definition) is 3. The van der Waals surface area contributed by atoms with Gasteiger partial charge in [0.15, 0.2) is 0 Å². The standard InChI is InChI=1S/C26H39N3/c1-6-7-8-9-10-11-12-17-29-25-19-23(27(2)3)15-13-21(25)18-22-14-16-24(28(4)5)20-26(22)29/h13-16,19-20H,6-12,17-18H2,1-5H3. The van der Waals surface area contributed by atoms with E-state index in [1.165, 1.54) is 78.8 Å². The molecule has 0 N–H and O–H groups in total. The number of nitrogens with zero attached hydrogens (tertiary/aromatic N) is 3. The molecule has 0 aliphatic carbocycles. The zero-order chi connectivity index (χ0) is 20.8. The molecule has 0 spiro atoms. The van der Waals surface area contributed by atoms with Gasteiger partial charge in [-0.1, -0.05) is 57.6 Å². The third-order valence-corrected chi connectivity index (χ3v) is 6.12. The fourth-order valence-electron chi connectivity index (χ4n) is 4.27. The molecule has 3 rings (SSSR count). The molecule has 0 amide bonds. The molecule has 0 saturated heterocycles. The molecule has 1 aliphatic rings.